The van der Waals surface area contributed by atoms with Crippen molar-refractivity contribution in [1.82, 2.24) is 0 Å². The van der Waals surface area contributed by atoms with Gasteiger partial charge in [0.1, 0.15) is 19.3 Å². The Morgan fingerprint density at radius 2 is 0.873 bits per heavy atom. The summed E-state index contributed by atoms with van der Waals surface area (Å²) in [5.74, 6) is -0.435. The molecule has 0 rings (SSSR count). The largest absolute Gasteiger partial charge is 0.756 e. The van der Waals surface area contributed by atoms with Gasteiger partial charge in [-0.15, -0.1) is 0 Å². The van der Waals surface area contributed by atoms with Gasteiger partial charge in [-0.05, 0) is 103 Å². The van der Waals surface area contributed by atoms with Crippen molar-refractivity contribution in [2.45, 2.75) is 136 Å². The highest BCUT2D eigenvalue weighted by molar-refractivity contribution is 7.45. The van der Waals surface area contributed by atoms with Crippen molar-refractivity contribution in [3.05, 3.63) is 146 Å². The Kier molecular flexibility index (Phi) is 42.4. The second-order valence-corrected chi connectivity index (χ2v) is 17.4. The Bertz CT molecular complexity index is 1500. The molecular formula is C54H86NO7P. The first-order chi connectivity index (χ1) is 30.6. The molecule has 0 N–H and O–H groups in total. The minimum absolute atomic E-state index is 0.00421. The SMILES string of the molecule is CC/C=C\C/C=C\C/C=C\C/C=C\C/C=C\C/C=C\CCCCCOCC(COP(=O)([O-])OCC[N+](C)(C)C)OC(=O)CC/C=C\C/C=C\C/C=C\C/C=C\C/C=C\C/C=C\CC. The van der Waals surface area contributed by atoms with E-state index in [2.05, 4.69) is 148 Å². The van der Waals surface area contributed by atoms with Crippen molar-refractivity contribution in [3.8, 4) is 0 Å². The number of unbranched alkanes of at least 4 members (excludes halogenated alkanes) is 3. The van der Waals surface area contributed by atoms with E-state index in [1.165, 1.54) is 0 Å². The van der Waals surface area contributed by atoms with E-state index in [0.717, 1.165) is 103 Å². The second kappa shape index (κ2) is 45.0. The van der Waals surface area contributed by atoms with E-state index in [4.69, 9.17) is 18.5 Å². The fourth-order valence-corrected chi connectivity index (χ4v) is 6.07. The highest BCUT2D eigenvalue weighted by Gasteiger charge is 2.20. The highest BCUT2D eigenvalue weighted by Crippen LogP contribution is 2.38. The standard InChI is InChI=1S/C54H86NO7P/c1-6-8-10-12-14-16-18-20-22-24-26-27-28-30-32-34-36-38-40-42-44-46-49-59-51-53(52-61-63(57,58)60-50-48-55(3,4)5)62-54(56)47-45-43-41-39-37-35-33-31-29-25-23-21-19-17-15-13-11-9-7-2/h8-11,14-17,20-23,26-27,29-32,35-38,41,43,53H,6-7,12-13,18-19,24-25,28,33-34,39-40,42,44-52H2,1-5H3/b10-8-,11-9-,16-14-,17-15-,22-20-,23-21-,27-26-,31-29-,32-30-,37-35-,38-36-,43-41-. The molecule has 0 aromatic heterocycles. The van der Waals surface area contributed by atoms with Crippen LogP contribution in [0.2, 0.25) is 0 Å². The third-order valence-corrected chi connectivity index (χ3v) is 9.86. The Hall–Kier alpha value is -3.62. The molecule has 354 valence electrons. The first-order valence-corrected chi connectivity index (χ1v) is 25.0. The van der Waals surface area contributed by atoms with Gasteiger partial charge in [-0.3, -0.25) is 9.36 Å². The summed E-state index contributed by atoms with van der Waals surface area (Å²) >= 11 is 0. The molecule has 0 fully saturated rings. The summed E-state index contributed by atoms with van der Waals surface area (Å²) in [7, 11) is 1.26. The first kappa shape index (κ1) is 59.4. The lowest BCUT2D eigenvalue weighted by Crippen LogP contribution is -2.37. The van der Waals surface area contributed by atoms with Crippen molar-refractivity contribution in [2.75, 3.05) is 54.1 Å². The Balaban J connectivity index is 4.44. The summed E-state index contributed by atoms with van der Waals surface area (Å²) in [5.41, 5.74) is 0. The molecule has 0 saturated heterocycles. The number of phosphoric acid groups is 1. The van der Waals surface area contributed by atoms with Crippen molar-refractivity contribution >= 4 is 13.8 Å². The quantitative estimate of drug-likeness (QED) is 0.0198. The molecule has 0 heterocycles. The van der Waals surface area contributed by atoms with Crippen LogP contribution in [0.1, 0.15) is 129 Å². The van der Waals surface area contributed by atoms with Crippen molar-refractivity contribution in [2.24, 2.45) is 0 Å². The molecule has 0 aliphatic rings. The highest BCUT2D eigenvalue weighted by atomic mass is 31.2. The Morgan fingerprint density at radius 3 is 1.27 bits per heavy atom. The number of allylic oxidation sites excluding steroid dienone is 24. The molecule has 63 heavy (non-hydrogen) atoms. The maximum absolute atomic E-state index is 12.7. The van der Waals surface area contributed by atoms with E-state index < -0.39 is 19.9 Å². The number of quaternary nitrogens is 1. The van der Waals surface area contributed by atoms with E-state index >= 15 is 0 Å². The predicted molar refractivity (Wildman–Crippen MR) is 267 cm³/mol. The van der Waals surface area contributed by atoms with Crippen LogP contribution in [0.4, 0.5) is 0 Å². The van der Waals surface area contributed by atoms with Gasteiger partial charge in [0.2, 0.25) is 0 Å². The number of hydrogen-bond donors (Lipinski definition) is 0. The zero-order chi connectivity index (χ0) is 46.2. The van der Waals surface area contributed by atoms with E-state index in [-0.39, 0.29) is 26.2 Å². The molecule has 0 aromatic carbocycles. The van der Waals surface area contributed by atoms with Crippen molar-refractivity contribution < 1.29 is 37.3 Å². The molecule has 0 radical (unpaired) electrons. The number of carbonyl (C=O) groups excluding carboxylic acids is 1. The molecule has 9 heteroatoms. The van der Waals surface area contributed by atoms with Gasteiger partial charge in [-0.25, -0.2) is 0 Å². The summed E-state index contributed by atoms with van der Waals surface area (Å²) in [6.45, 7) is 4.94. The maximum atomic E-state index is 12.7. The summed E-state index contributed by atoms with van der Waals surface area (Å²) < 4.78 is 34.5. The van der Waals surface area contributed by atoms with Gasteiger partial charge < -0.3 is 27.9 Å². The van der Waals surface area contributed by atoms with Crippen LogP contribution in [0.15, 0.2) is 146 Å². The summed E-state index contributed by atoms with van der Waals surface area (Å²) in [6, 6.07) is 0. The van der Waals surface area contributed by atoms with E-state index in [1.54, 1.807) is 0 Å². The average Bonchev–Trinajstić information content (AvgIpc) is 3.24. The van der Waals surface area contributed by atoms with Crippen LogP contribution >= 0.6 is 7.82 Å². The molecule has 2 unspecified atom stereocenters. The summed E-state index contributed by atoms with van der Waals surface area (Å²) in [6.07, 6.45) is 67.5. The topological polar surface area (TPSA) is 94.1 Å². The van der Waals surface area contributed by atoms with Gasteiger partial charge in [-0.2, -0.15) is 0 Å². The number of carbonyl (C=O) groups is 1. The average molecular weight is 892 g/mol. The molecule has 2 atom stereocenters. The molecule has 0 bridgehead atoms. The van der Waals surface area contributed by atoms with E-state index in [0.29, 0.717) is 24.1 Å². The summed E-state index contributed by atoms with van der Waals surface area (Å²) in [5, 5.41) is 0. The number of nitrogens with zero attached hydrogens (tertiary/aromatic N) is 1. The lowest BCUT2D eigenvalue weighted by atomic mass is 10.2. The smallest absolute Gasteiger partial charge is 0.306 e. The lowest BCUT2D eigenvalue weighted by Gasteiger charge is -2.28. The molecule has 0 aliphatic heterocycles. The van der Waals surface area contributed by atoms with Crippen LogP contribution in [0.3, 0.4) is 0 Å². The van der Waals surface area contributed by atoms with Gasteiger partial charge >= 0.3 is 5.97 Å². The second-order valence-electron chi connectivity index (χ2n) is 16.0. The summed E-state index contributed by atoms with van der Waals surface area (Å²) in [4.78, 5) is 25.1. The number of phosphoric ester groups is 1. The van der Waals surface area contributed by atoms with Crippen LogP contribution in [-0.4, -0.2) is 70.7 Å². The van der Waals surface area contributed by atoms with Gasteiger partial charge in [0.15, 0.2) is 0 Å². The normalized spacial score (nSPS) is 15.0. The molecule has 0 aliphatic carbocycles. The molecule has 0 spiro atoms. The molecule has 0 saturated carbocycles. The Morgan fingerprint density at radius 1 is 0.492 bits per heavy atom. The third kappa shape index (κ3) is 49.3. The van der Waals surface area contributed by atoms with Crippen molar-refractivity contribution in [3.63, 3.8) is 0 Å². The van der Waals surface area contributed by atoms with E-state index in [1.807, 2.05) is 33.3 Å². The Labute approximate surface area is 385 Å². The number of rotatable bonds is 41. The van der Waals surface area contributed by atoms with Gasteiger partial charge in [0, 0.05) is 13.0 Å². The third-order valence-electron chi connectivity index (χ3n) is 8.90. The van der Waals surface area contributed by atoms with Crippen LogP contribution in [0.25, 0.3) is 0 Å². The number of ether oxygens (including phenoxy) is 2. The van der Waals surface area contributed by atoms with E-state index in [9.17, 15) is 14.3 Å². The number of likely N-dealkylation sites (N-methyl/N-ethyl adjacent to an activating group) is 1. The number of esters is 1. The molecule has 0 amide bonds. The van der Waals surface area contributed by atoms with Gasteiger partial charge in [0.05, 0.1) is 34.4 Å². The van der Waals surface area contributed by atoms with Gasteiger partial charge in [0.25, 0.3) is 7.82 Å². The minimum Gasteiger partial charge on any atom is -0.756 e. The van der Waals surface area contributed by atoms with Crippen LogP contribution in [-0.2, 0) is 27.9 Å². The fraction of sp³-hybridized carbons (Fsp3) is 0.537. The van der Waals surface area contributed by atoms with Crippen LogP contribution in [0, 0.1) is 0 Å². The molecule has 0 aromatic rings. The predicted octanol–water partition coefficient (Wildman–Crippen LogP) is 13.9. The monoisotopic (exact) mass is 892 g/mol. The van der Waals surface area contributed by atoms with Crippen LogP contribution in [0.5, 0.6) is 0 Å². The van der Waals surface area contributed by atoms with Crippen molar-refractivity contribution in [1.29, 1.82) is 0 Å². The minimum atomic E-state index is -4.57. The molecular weight excluding hydrogens is 806 g/mol. The van der Waals surface area contributed by atoms with Crippen LogP contribution < -0.4 is 4.89 Å². The fourth-order valence-electron chi connectivity index (χ4n) is 5.34. The number of hydrogen-bond acceptors (Lipinski definition) is 7. The zero-order valence-electron chi connectivity index (χ0n) is 39.9. The first-order valence-electron chi connectivity index (χ1n) is 23.6. The zero-order valence-corrected chi connectivity index (χ0v) is 40.8. The van der Waals surface area contributed by atoms with Gasteiger partial charge in [-0.1, -0.05) is 166 Å². The maximum Gasteiger partial charge on any atom is 0.306 e. The molecule has 8 nitrogen and oxygen atoms in total. The lowest BCUT2D eigenvalue weighted by molar-refractivity contribution is -0.870.